The molecular formula is C20H21FN2O5S. The van der Waals surface area contributed by atoms with Gasteiger partial charge in [0.2, 0.25) is 5.89 Å². The number of thioether (sulfide) groups is 1. The van der Waals surface area contributed by atoms with Crippen molar-refractivity contribution in [2.75, 3.05) is 26.6 Å². The summed E-state index contributed by atoms with van der Waals surface area (Å²) in [7, 11) is 3.12. The summed E-state index contributed by atoms with van der Waals surface area (Å²) in [5.74, 6) is 1.49. The molecule has 3 rings (SSSR count). The van der Waals surface area contributed by atoms with E-state index in [0.717, 1.165) is 0 Å². The lowest BCUT2D eigenvalue weighted by Crippen LogP contribution is -2.18. The predicted octanol–water partition coefficient (Wildman–Crippen LogP) is 3.56. The maximum atomic E-state index is 13.5. The van der Waals surface area contributed by atoms with Crippen molar-refractivity contribution in [2.24, 2.45) is 0 Å². The van der Waals surface area contributed by atoms with Gasteiger partial charge in [-0.05, 0) is 18.2 Å². The van der Waals surface area contributed by atoms with Gasteiger partial charge in [0.05, 0.1) is 33.5 Å². The van der Waals surface area contributed by atoms with Gasteiger partial charge < -0.3 is 23.7 Å². The third-order valence-electron chi connectivity index (χ3n) is 3.93. The molecule has 0 spiro atoms. The minimum Gasteiger partial charge on any atom is -0.497 e. The maximum absolute atomic E-state index is 13.5. The first-order valence-electron chi connectivity index (χ1n) is 8.78. The van der Waals surface area contributed by atoms with Gasteiger partial charge in [0.15, 0.2) is 0 Å². The van der Waals surface area contributed by atoms with Crippen LogP contribution in [0.1, 0.15) is 5.56 Å². The molecular weight excluding hydrogens is 399 g/mol. The van der Waals surface area contributed by atoms with Gasteiger partial charge >= 0.3 is 0 Å². The summed E-state index contributed by atoms with van der Waals surface area (Å²) in [6.07, 6.45) is -0.765. The molecule has 0 aliphatic heterocycles. The molecule has 0 aliphatic rings. The number of aliphatic hydroxyl groups is 1. The van der Waals surface area contributed by atoms with Crippen molar-refractivity contribution in [1.29, 1.82) is 0 Å². The van der Waals surface area contributed by atoms with E-state index in [1.807, 2.05) is 0 Å². The van der Waals surface area contributed by atoms with Crippen LogP contribution in [-0.2, 0) is 11.3 Å². The van der Waals surface area contributed by atoms with Crippen LogP contribution in [0.25, 0.3) is 11.5 Å². The standard InChI is InChI=1S/C20H21FN2O5S/c1-25-16-7-14(8-17(9-16)26-2)19-22-23-20(28-19)29-12-15(24)11-27-10-13-5-3-4-6-18(13)21/h3-9,15,24H,10-12H2,1-2H3/t15-/m0/s1. The Labute approximate surface area is 171 Å². The molecule has 1 atom stereocenters. The van der Waals surface area contributed by atoms with Crippen LogP contribution in [0, 0.1) is 5.82 Å². The first-order chi connectivity index (χ1) is 14.1. The highest BCUT2D eigenvalue weighted by Gasteiger charge is 2.14. The van der Waals surface area contributed by atoms with E-state index in [0.29, 0.717) is 39.5 Å². The highest BCUT2D eigenvalue weighted by atomic mass is 32.2. The van der Waals surface area contributed by atoms with Crippen molar-refractivity contribution < 1.29 is 28.1 Å². The summed E-state index contributed by atoms with van der Waals surface area (Å²) < 4.78 is 35.0. The van der Waals surface area contributed by atoms with E-state index in [4.69, 9.17) is 18.6 Å². The highest BCUT2D eigenvalue weighted by molar-refractivity contribution is 7.99. The van der Waals surface area contributed by atoms with Gasteiger partial charge in [0, 0.05) is 22.9 Å². The molecule has 0 amide bonds. The number of halogens is 1. The molecule has 1 N–H and O–H groups in total. The third-order valence-corrected chi connectivity index (χ3v) is 4.89. The number of benzene rings is 2. The maximum Gasteiger partial charge on any atom is 0.276 e. The zero-order chi connectivity index (χ0) is 20.6. The number of hydrogen-bond donors (Lipinski definition) is 1. The lowest BCUT2D eigenvalue weighted by atomic mass is 10.2. The number of methoxy groups -OCH3 is 2. The Balaban J connectivity index is 1.51. The van der Waals surface area contributed by atoms with Crippen LogP contribution in [-0.4, -0.2) is 48.0 Å². The molecule has 9 heteroatoms. The van der Waals surface area contributed by atoms with Crippen LogP contribution in [0.15, 0.2) is 52.1 Å². The van der Waals surface area contributed by atoms with Crippen LogP contribution in [0.4, 0.5) is 4.39 Å². The Bertz CT molecular complexity index is 914. The van der Waals surface area contributed by atoms with Crippen LogP contribution < -0.4 is 9.47 Å². The average Bonchev–Trinajstić information content (AvgIpc) is 3.22. The average molecular weight is 420 g/mol. The van der Waals surface area contributed by atoms with E-state index in [1.54, 1.807) is 50.6 Å². The van der Waals surface area contributed by atoms with E-state index in [2.05, 4.69) is 10.2 Å². The molecule has 1 aromatic heterocycles. The second kappa shape index (κ2) is 10.2. The second-order valence-electron chi connectivity index (χ2n) is 6.05. The second-order valence-corrected chi connectivity index (χ2v) is 7.02. The van der Waals surface area contributed by atoms with Crippen LogP contribution in [0.3, 0.4) is 0 Å². The molecule has 0 aliphatic carbocycles. The van der Waals surface area contributed by atoms with Crippen LogP contribution in [0.2, 0.25) is 0 Å². The molecule has 3 aromatic rings. The fraction of sp³-hybridized carbons (Fsp3) is 0.300. The summed E-state index contributed by atoms with van der Waals surface area (Å²) >= 11 is 1.21. The number of aromatic nitrogens is 2. The molecule has 0 unspecified atom stereocenters. The highest BCUT2D eigenvalue weighted by Crippen LogP contribution is 2.30. The molecule has 0 saturated carbocycles. The fourth-order valence-corrected chi connectivity index (χ4v) is 3.12. The first kappa shape index (κ1) is 21.1. The van der Waals surface area contributed by atoms with E-state index in [-0.39, 0.29) is 19.0 Å². The van der Waals surface area contributed by atoms with Gasteiger partial charge in [-0.3, -0.25) is 0 Å². The largest absolute Gasteiger partial charge is 0.497 e. The van der Waals surface area contributed by atoms with Gasteiger partial charge in [-0.1, -0.05) is 30.0 Å². The lowest BCUT2D eigenvalue weighted by Gasteiger charge is -2.10. The Hall–Kier alpha value is -2.62. The summed E-state index contributed by atoms with van der Waals surface area (Å²) in [4.78, 5) is 0. The van der Waals surface area contributed by atoms with Gasteiger partial charge in [0.1, 0.15) is 17.3 Å². The first-order valence-corrected chi connectivity index (χ1v) is 9.76. The van der Waals surface area contributed by atoms with Crippen molar-refractivity contribution in [1.82, 2.24) is 10.2 Å². The van der Waals surface area contributed by atoms with Crippen molar-refractivity contribution in [3.8, 4) is 23.0 Å². The van der Waals surface area contributed by atoms with Crippen molar-refractivity contribution in [3.05, 3.63) is 53.8 Å². The van der Waals surface area contributed by atoms with E-state index >= 15 is 0 Å². The Morgan fingerprint density at radius 1 is 1.10 bits per heavy atom. The summed E-state index contributed by atoms with van der Waals surface area (Å²) in [5.41, 5.74) is 1.11. The van der Waals surface area contributed by atoms with Crippen molar-refractivity contribution >= 4 is 11.8 Å². The molecule has 0 fully saturated rings. The molecule has 0 bridgehead atoms. The number of hydrogen-bond acceptors (Lipinski definition) is 8. The van der Waals surface area contributed by atoms with Crippen LogP contribution in [0.5, 0.6) is 11.5 Å². The zero-order valence-electron chi connectivity index (χ0n) is 16.0. The molecule has 0 radical (unpaired) electrons. The molecule has 7 nitrogen and oxygen atoms in total. The summed E-state index contributed by atoms with van der Waals surface area (Å²) in [6, 6.07) is 11.6. The molecule has 1 heterocycles. The topological polar surface area (TPSA) is 86.8 Å². The third kappa shape index (κ3) is 5.93. The van der Waals surface area contributed by atoms with E-state index in [1.165, 1.54) is 17.8 Å². The van der Waals surface area contributed by atoms with Crippen LogP contribution >= 0.6 is 11.8 Å². The summed E-state index contributed by atoms with van der Waals surface area (Å²) in [6.45, 7) is 0.159. The SMILES string of the molecule is COc1cc(OC)cc(-c2nnc(SC[C@@H](O)COCc3ccccc3F)o2)c1. The number of aliphatic hydroxyl groups excluding tert-OH is 1. The van der Waals surface area contributed by atoms with Gasteiger partial charge in [-0.2, -0.15) is 0 Å². The fourth-order valence-electron chi connectivity index (χ4n) is 2.45. The normalized spacial score (nSPS) is 12.0. The Morgan fingerprint density at radius 2 is 1.83 bits per heavy atom. The minimum atomic E-state index is -0.765. The lowest BCUT2D eigenvalue weighted by molar-refractivity contribution is 0.0386. The number of nitrogens with zero attached hydrogens (tertiary/aromatic N) is 2. The van der Waals surface area contributed by atoms with E-state index < -0.39 is 6.10 Å². The van der Waals surface area contributed by atoms with Gasteiger partial charge in [0.25, 0.3) is 5.22 Å². The van der Waals surface area contributed by atoms with E-state index in [9.17, 15) is 9.50 Å². The van der Waals surface area contributed by atoms with Crippen molar-refractivity contribution in [3.63, 3.8) is 0 Å². The molecule has 29 heavy (non-hydrogen) atoms. The molecule has 2 aromatic carbocycles. The Kier molecular flexibility index (Phi) is 7.45. The Morgan fingerprint density at radius 3 is 2.52 bits per heavy atom. The minimum absolute atomic E-state index is 0.0649. The zero-order valence-corrected chi connectivity index (χ0v) is 16.8. The van der Waals surface area contributed by atoms with Gasteiger partial charge in [-0.15, -0.1) is 10.2 Å². The quantitative estimate of drug-likeness (QED) is 0.498. The molecule has 154 valence electrons. The van der Waals surface area contributed by atoms with Crippen molar-refractivity contribution in [2.45, 2.75) is 17.9 Å². The number of ether oxygens (including phenoxy) is 3. The van der Waals surface area contributed by atoms with Gasteiger partial charge in [-0.25, -0.2) is 4.39 Å². The predicted molar refractivity (Wildman–Crippen MR) is 106 cm³/mol. The summed E-state index contributed by atoms with van der Waals surface area (Å²) in [5, 5.41) is 18.4. The number of rotatable bonds is 10. The monoisotopic (exact) mass is 420 g/mol. The molecule has 0 saturated heterocycles. The smallest absolute Gasteiger partial charge is 0.276 e.